The third-order valence-electron chi connectivity index (χ3n) is 3.35. The van der Waals surface area contributed by atoms with Crippen molar-refractivity contribution < 1.29 is 0 Å². The van der Waals surface area contributed by atoms with Gasteiger partial charge in [0.25, 0.3) is 0 Å². The molecule has 0 unspecified atom stereocenters. The first kappa shape index (κ1) is 9.27. The quantitative estimate of drug-likeness (QED) is 0.616. The van der Waals surface area contributed by atoms with E-state index in [1.54, 1.807) is 0 Å². The Bertz CT molecular complexity index is 117. The van der Waals surface area contributed by atoms with Gasteiger partial charge in [-0.25, -0.2) is 0 Å². The molecule has 1 aliphatic carbocycles. The third-order valence-corrected chi connectivity index (χ3v) is 4.34. The summed E-state index contributed by atoms with van der Waals surface area (Å²) in [6, 6.07) is 0. The van der Waals surface area contributed by atoms with E-state index in [1.807, 2.05) is 0 Å². The number of hydrogen-bond donors (Lipinski definition) is 1. The summed E-state index contributed by atoms with van der Waals surface area (Å²) >= 11 is 0. The minimum Gasteiger partial charge on any atom is -0.340 e. The van der Waals surface area contributed by atoms with Gasteiger partial charge in [0, 0.05) is 5.54 Å². The number of rotatable bonds is 2. The lowest BCUT2D eigenvalue weighted by Crippen LogP contribution is -2.49. The molecule has 1 rings (SSSR count). The van der Waals surface area contributed by atoms with Crippen LogP contribution in [0.2, 0.25) is 0 Å². The van der Waals surface area contributed by atoms with Crippen molar-refractivity contribution >= 4 is 10.4 Å². The lowest BCUT2D eigenvalue weighted by atomic mass is 9.75. The first-order chi connectivity index (χ1) is 5.21. The molecule has 0 bridgehead atoms. The average Bonchev–Trinajstić information content (AvgIpc) is 2.05. The molecule has 1 saturated carbocycles. The summed E-state index contributed by atoms with van der Waals surface area (Å²) < 4.78 is 0. The van der Waals surface area contributed by atoms with E-state index in [2.05, 4.69) is 18.8 Å². The number of hydrogen-bond acceptors (Lipinski definition) is 1. The Hall–Kier alpha value is 0.177. The van der Waals surface area contributed by atoms with E-state index in [-0.39, 0.29) is 0 Å². The first-order valence-electron chi connectivity index (χ1n) is 4.90. The molecule has 66 valence electrons. The van der Waals surface area contributed by atoms with Gasteiger partial charge in [-0.1, -0.05) is 33.1 Å². The van der Waals surface area contributed by atoms with Crippen LogP contribution in [0.3, 0.4) is 0 Å². The van der Waals surface area contributed by atoms with E-state index in [0.29, 0.717) is 5.54 Å². The molecule has 0 spiro atoms. The predicted molar refractivity (Wildman–Crippen MR) is 53.7 cm³/mol. The van der Waals surface area contributed by atoms with Crippen molar-refractivity contribution in [3.05, 3.63) is 0 Å². The second kappa shape index (κ2) is 3.72. The Morgan fingerprint density at radius 2 is 1.73 bits per heavy atom. The van der Waals surface area contributed by atoms with Gasteiger partial charge in [0.05, 0.1) is 10.4 Å². The van der Waals surface area contributed by atoms with Crippen LogP contribution in [-0.2, 0) is 0 Å². The standard InChI is InChI=1S/C9H21NSi/c1-8(2)9(10-11)6-4-3-5-7-9/h8,10H,3-7H2,1-2,11H3. The maximum Gasteiger partial charge on any atom is 0.0756 e. The molecule has 11 heavy (non-hydrogen) atoms. The maximum atomic E-state index is 3.66. The maximum absolute atomic E-state index is 3.66. The van der Waals surface area contributed by atoms with Gasteiger partial charge in [0.1, 0.15) is 0 Å². The molecule has 0 atom stereocenters. The molecule has 1 nitrogen and oxygen atoms in total. The van der Waals surface area contributed by atoms with Gasteiger partial charge in [0.2, 0.25) is 0 Å². The van der Waals surface area contributed by atoms with Gasteiger partial charge in [-0.05, 0) is 18.8 Å². The van der Waals surface area contributed by atoms with Crippen molar-refractivity contribution in [2.24, 2.45) is 5.92 Å². The van der Waals surface area contributed by atoms with E-state index < -0.39 is 0 Å². The highest BCUT2D eigenvalue weighted by Crippen LogP contribution is 2.33. The van der Waals surface area contributed by atoms with Crippen molar-refractivity contribution in [3.8, 4) is 0 Å². The van der Waals surface area contributed by atoms with Crippen LogP contribution in [0.5, 0.6) is 0 Å². The van der Waals surface area contributed by atoms with E-state index in [0.717, 1.165) is 16.3 Å². The summed E-state index contributed by atoms with van der Waals surface area (Å²) in [5.41, 5.74) is 0.532. The predicted octanol–water partition coefficient (Wildman–Crippen LogP) is 1.22. The highest BCUT2D eigenvalue weighted by atomic mass is 28.2. The normalized spacial score (nSPS) is 24.3. The van der Waals surface area contributed by atoms with Crippen LogP contribution < -0.4 is 4.98 Å². The van der Waals surface area contributed by atoms with Gasteiger partial charge in [-0.3, -0.25) is 0 Å². The fourth-order valence-corrected chi connectivity index (χ4v) is 3.38. The monoisotopic (exact) mass is 171 g/mol. The fraction of sp³-hybridized carbons (Fsp3) is 1.00. The van der Waals surface area contributed by atoms with E-state index >= 15 is 0 Å². The molecule has 1 fully saturated rings. The van der Waals surface area contributed by atoms with Gasteiger partial charge < -0.3 is 4.98 Å². The molecule has 0 saturated heterocycles. The molecule has 0 aliphatic heterocycles. The molecule has 0 aromatic heterocycles. The van der Waals surface area contributed by atoms with Crippen molar-refractivity contribution in [2.45, 2.75) is 51.5 Å². The minimum absolute atomic E-state index is 0.532. The molecule has 1 aliphatic rings. The summed E-state index contributed by atoms with van der Waals surface area (Å²) in [6.45, 7) is 4.71. The molecule has 0 amide bonds. The van der Waals surface area contributed by atoms with E-state index in [4.69, 9.17) is 0 Å². The zero-order chi connectivity index (χ0) is 8.32. The van der Waals surface area contributed by atoms with Gasteiger partial charge in [0.15, 0.2) is 0 Å². The zero-order valence-corrected chi connectivity index (χ0v) is 10.1. The third kappa shape index (κ3) is 1.85. The minimum atomic E-state index is 0.532. The topological polar surface area (TPSA) is 12.0 Å². The van der Waals surface area contributed by atoms with Crippen LogP contribution in [0.25, 0.3) is 0 Å². The van der Waals surface area contributed by atoms with Crippen LogP contribution in [0.15, 0.2) is 0 Å². The molecular weight excluding hydrogens is 150 g/mol. The molecule has 0 aromatic carbocycles. The smallest absolute Gasteiger partial charge is 0.0756 e. The van der Waals surface area contributed by atoms with E-state index in [1.165, 1.54) is 32.1 Å². The second-order valence-electron chi connectivity index (χ2n) is 4.12. The lowest BCUT2D eigenvalue weighted by Gasteiger charge is -2.41. The van der Waals surface area contributed by atoms with Crippen molar-refractivity contribution in [1.29, 1.82) is 0 Å². The summed E-state index contributed by atoms with van der Waals surface area (Å²) in [4.78, 5) is 3.66. The Morgan fingerprint density at radius 1 is 1.18 bits per heavy atom. The molecule has 0 heterocycles. The highest BCUT2D eigenvalue weighted by molar-refractivity contribution is 6.04. The van der Waals surface area contributed by atoms with Crippen LogP contribution >= 0.6 is 0 Å². The average molecular weight is 171 g/mol. The summed E-state index contributed by atoms with van der Waals surface area (Å²) in [5, 5.41) is 0. The number of nitrogens with one attached hydrogen (secondary N) is 1. The molecular formula is C9H21NSi. The zero-order valence-electron chi connectivity index (χ0n) is 8.11. The van der Waals surface area contributed by atoms with Crippen molar-refractivity contribution in [2.75, 3.05) is 0 Å². The van der Waals surface area contributed by atoms with Crippen molar-refractivity contribution in [1.82, 2.24) is 4.98 Å². The molecule has 1 N–H and O–H groups in total. The Balaban J connectivity index is 2.57. The van der Waals surface area contributed by atoms with Crippen LogP contribution in [-0.4, -0.2) is 15.9 Å². The summed E-state index contributed by atoms with van der Waals surface area (Å²) in [6.07, 6.45) is 7.15. The first-order valence-corrected chi connectivity index (χ1v) is 5.90. The Morgan fingerprint density at radius 3 is 2.00 bits per heavy atom. The molecule has 2 heteroatoms. The fourth-order valence-electron chi connectivity index (χ4n) is 2.30. The largest absolute Gasteiger partial charge is 0.340 e. The van der Waals surface area contributed by atoms with E-state index in [9.17, 15) is 0 Å². The Labute approximate surface area is 73.5 Å². The lowest BCUT2D eigenvalue weighted by molar-refractivity contribution is 0.200. The summed E-state index contributed by atoms with van der Waals surface area (Å²) in [7, 11) is 1.15. The van der Waals surface area contributed by atoms with Crippen LogP contribution in [0.1, 0.15) is 46.0 Å². The summed E-state index contributed by atoms with van der Waals surface area (Å²) in [5.74, 6) is 0.820. The second-order valence-corrected chi connectivity index (χ2v) is 4.62. The van der Waals surface area contributed by atoms with Crippen LogP contribution in [0.4, 0.5) is 0 Å². The highest BCUT2D eigenvalue weighted by Gasteiger charge is 2.32. The molecule has 0 aromatic rings. The SMILES string of the molecule is CC(C)C1(N[SiH3])CCCCC1. The molecule has 0 radical (unpaired) electrons. The van der Waals surface area contributed by atoms with Crippen LogP contribution in [0, 0.1) is 5.92 Å². The van der Waals surface area contributed by atoms with Crippen molar-refractivity contribution in [3.63, 3.8) is 0 Å². The Kier molecular flexibility index (Phi) is 3.13. The van der Waals surface area contributed by atoms with Gasteiger partial charge in [-0.2, -0.15) is 0 Å². The van der Waals surface area contributed by atoms with Gasteiger partial charge in [-0.15, -0.1) is 0 Å². The van der Waals surface area contributed by atoms with Gasteiger partial charge >= 0.3 is 0 Å².